The summed E-state index contributed by atoms with van der Waals surface area (Å²) in [6, 6.07) is 15.2. The third kappa shape index (κ3) is 5.14. The van der Waals surface area contributed by atoms with Crippen LogP contribution in [0.2, 0.25) is 0 Å². The Morgan fingerprint density at radius 1 is 1.03 bits per heavy atom. The molecule has 0 saturated heterocycles. The molecule has 4 rings (SSSR count). The highest BCUT2D eigenvalue weighted by Gasteiger charge is 2.13. The first-order valence-electron chi connectivity index (χ1n) is 9.94. The standard InChI is InChI=1S/C24H23N5O2/c1-17-9-21(10-18(2)23(17)31-14-20-6-4-8-25-12-20)24(30)28-22-7-3-5-19(11-22)13-29-16-26-15-27-29/h3-12,15-16H,13-14H2,1-2H3,(H,28,30). The number of rotatable bonds is 7. The van der Waals surface area contributed by atoms with E-state index in [9.17, 15) is 4.79 Å². The van der Waals surface area contributed by atoms with Gasteiger partial charge in [0.05, 0.1) is 6.54 Å². The third-order valence-corrected chi connectivity index (χ3v) is 4.82. The number of aryl methyl sites for hydroxylation is 2. The number of aromatic nitrogens is 4. The van der Waals surface area contributed by atoms with Crippen molar-refractivity contribution in [2.45, 2.75) is 27.0 Å². The van der Waals surface area contributed by atoms with Crippen LogP contribution >= 0.6 is 0 Å². The van der Waals surface area contributed by atoms with Gasteiger partial charge in [0.2, 0.25) is 0 Å². The molecule has 31 heavy (non-hydrogen) atoms. The van der Waals surface area contributed by atoms with Crippen LogP contribution in [0.5, 0.6) is 5.75 Å². The van der Waals surface area contributed by atoms with Gasteiger partial charge >= 0.3 is 0 Å². The normalized spacial score (nSPS) is 10.6. The first-order chi connectivity index (χ1) is 15.1. The van der Waals surface area contributed by atoms with Gasteiger partial charge in [0.15, 0.2) is 0 Å². The Bertz CT molecular complexity index is 1150. The molecule has 0 spiro atoms. The predicted molar refractivity (Wildman–Crippen MR) is 118 cm³/mol. The maximum atomic E-state index is 12.8. The summed E-state index contributed by atoms with van der Waals surface area (Å²) in [6.07, 6.45) is 6.68. The maximum absolute atomic E-state index is 12.8. The number of pyridine rings is 1. The molecule has 0 bridgehead atoms. The summed E-state index contributed by atoms with van der Waals surface area (Å²) in [7, 11) is 0. The lowest BCUT2D eigenvalue weighted by Crippen LogP contribution is -2.13. The minimum Gasteiger partial charge on any atom is -0.488 e. The Kier molecular flexibility index (Phi) is 6.03. The Hall–Kier alpha value is -4.00. The summed E-state index contributed by atoms with van der Waals surface area (Å²) in [5.41, 5.74) is 5.16. The van der Waals surface area contributed by atoms with Gasteiger partial charge in [-0.15, -0.1) is 0 Å². The summed E-state index contributed by atoms with van der Waals surface area (Å²) in [4.78, 5) is 20.9. The molecule has 4 aromatic rings. The topological polar surface area (TPSA) is 81.9 Å². The van der Waals surface area contributed by atoms with Crippen molar-refractivity contribution in [1.29, 1.82) is 0 Å². The van der Waals surface area contributed by atoms with Crippen LogP contribution in [-0.2, 0) is 13.2 Å². The van der Waals surface area contributed by atoms with Crippen molar-refractivity contribution in [3.8, 4) is 5.75 Å². The highest BCUT2D eigenvalue weighted by atomic mass is 16.5. The van der Waals surface area contributed by atoms with Crippen molar-refractivity contribution in [1.82, 2.24) is 19.7 Å². The summed E-state index contributed by atoms with van der Waals surface area (Å²) >= 11 is 0. The van der Waals surface area contributed by atoms with E-state index >= 15 is 0 Å². The lowest BCUT2D eigenvalue weighted by atomic mass is 10.0. The van der Waals surface area contributed by atoms with Crippen molar-refractivity contribution in [3.05, 3.63) is 101 Å². The Morgan fingerprint density at radius 2 is 1.84 bits per heavy atom. The molecule has 2 aromatic carbocycles. The quantitative estimate of drug-likeness (QED) is 0.492. The molecule has 2 heterocycles. The van der Waals surface area contributed by atoms with Crippen LogP contribution in [-0.4, -0.2) is 25.7 Å². The zero-order valence-electron chi connectivity index (χ0n) is 17.4. The van der Waals surface area contributed by atoms with Gasteiger partial charge in [0.25, 0.3) is 5.91 Å². The molecular formula is C24H23N5O2. The van der Waals surface area contributed by atoms with E-state index in [1.165, 1.54) is 6.33 Å². The molecule has 0 atom stereocenters. The number of nitrogens with zero attached hydrogens (tertiary/aromatic N) is 4. The van der Waals surface area contributed by atoms with Crippen molar-refractivity contribution < 1.29 is 9.53 Å². The van der Waals surface area contributed by atoms with Crippen LogP contribution in [0.3, 0.4) is 0 Å². The molecule has 0 aliphatic carbocycles. The summed E-state index contributed by atoms with van der Waals surface area (Å²) in [5, 5.41) is 7.09. The van der Waals surface area contributed by atoms with Crippen molar-refractivity contribution >= 4 is 11.6 Å². The molecule has 1 N–H and O–H groups in total. The molecule has 7 nitrogen and oxygen atoms in total. The number of anilines is 1. The van der Waals surface area contributed by atoms with E-state index in [0.29, 0.717) is 18.7 Å². The lowest BCUT2D eigenvalue weighted by molar-refractivity contribution is 0.102. The van der Waals surface area contributed by atoms with Crippen molar-refractivity contribution in [2.75, 3.05) is 5.32 Å². The third-order valence-electron chi connectivity index (χ3n) is 4.82. The van der Waals surface area contributed by atoms with E-state index in [1.807, 2.05) is 62.4 Å². The number of nitrogens with one attached hydrogen (secondary N) is 1. The fourth-order valence-electron chi connectivity index (χ4n) is 3.40. The summed E-state index contributed by atoms with van der Waals surface area (Å²) < 4.78 is 7.72. The van der Waals surface area contributed by atoms with E-state index < -0.39 is 0 Å². The van der Waals surface area contributed by atoms with Gasteiger partial charge in [-0.05, 0) is 60.9 Å². The van der Waals surface area contributed by atoms with Crippen molar-refractivity contribution in [3.63, 3.8) is 0 Å². The highest BCUT2D eigenvalue weighted by molar-refractivity contribution is 6.04. The molecule has 0 radical (unpaired) electrons. The number of amides is 1. The zero-order chi connectivity index (χ0) is 21.6. The monoisotopic (exact) mass is 413 g/mol. The van der Waals surface area contributed by atoms with Gasteiger partial charge in [-0.2, -0.15) is 5.10 Å². The van der Waals surface area contributed by atoms with Gasteiger partial charge < -0.3 is 10.1 Å². The molecule has 2 aromatic heterocycles. The van der Waals surface area contributed by atoms with E-state index in [-0.39, 0.29) is 5.91 Å². The zero-order valence-corrected chi connectivity index (χ0v) is 17.4. The number of carbonyl (C=O) groups excluding carboxylic acids is 1. The molecule has 0 aliphatic rings. The maximum Gasteiger partial charge on any atom is 0.255 e. The number of benzene rings is 2. The second kappa shape index (κ2) is 9.21. The summed E-state index contributed by atoms with van der Waals surface area (Å²) in [6.45, 7) is 4.91. The molecule has 0 saturated carbocycles. The lowest BCUT2D eigenvalue weighted by Gasteiger charge is -2.14. The van der Waals surface area contributed by atoms with Crippen LogP contribution in [0.4, 0.5) is 5.69 Å². The Morgan fingerprint density at radius 3 is 2.55 bits per heavy atom. The van der Waals surface area contributed by atoms with Crippen LogP contribution in [0.15, 0.2) is 73.6 Å². The summed E-state index contributed by atoms with van der Waals surface area (Å²) in [5.74, 6) is 0.623. The van der Waals surface area contributed by atoms with Gasteiger partial charge in [-0.25, -0.2) is 9.67 Å². The van der Waals surface area contributed by atoms with E-state index in [4.69, 9.17) is 4.74 Å². The molecule has 0 aliphatic heterocycles. The molecule has 156 valence electrons. The number of hydrogen-bond donors (Lipinski definition) is 1. The predicted octanol–water partition coefficient (Wildman–Crippen LogP) is 4.17. The van der Waals surface area contributed by atoms with E-state index in [2.05, 4.69) is 20.4 Å². The minimum atomic E-state index is -0.164. The Balaban J connectivity index is 1.45. The fourth-order valence-corrected chi connectivity index (χ4v) is 3.40. The van der Waals surface area contributed by atoms with Gasteiger partial charge in [-0.1, -0.05) is 18.2 Å². The van der Waals surface area contributed by atoms with Crippen LogP contribution < -0.4 is 10.1 Å². The van der Waals surface area contributed by atoms with Crippen molar-refractivity contribution in [2.24, 2.45) is 0 Å². The molecule has 0 fully saturated rings. The van der Waals surface area contributed by atoms with Gasteiger partial charge in [0.1, 0.15) is 25.0 Å². The molecule has 1 amide bonds. The second-order valence-corrected chi connectivity index (χ2v) is 7.34. The largest absolute Gasteiger partial charge is 0.488 e. The van der Waals surface area contributed by atoms with Crippen LogP contribution in [0, 0.1) is 13.8 Å². The molecule has 0 unspecified atom stereocenters. The molecule has 7 heteroatoms. The van der Waals surface area contributed by atoms with E-state index in [1.54, 1.807) is 23.4 Å². The smallest absolute Gasteiger partial charge is 0.255 e. The average Bonchev–Trinajstić information content (AvgIpc) is 3.27. The first-order valence-corrected chi connectivity index (χ1v) is 9.94. The fraction of sp³-hybridized carbons (Fsp3) is 0.167. The average molecular weight is 413 g/mol. The first kappa shape index (κ1) is 20.3. The van der Waals surface area contributed by atoms with Crippen LogP contribution in [0.1, 0.15) is 32.6 Å². The number of carbonyl (C=O) groups is 1. The highest BCUT2D eigenvalue weighted by Crippen LogP contribution is 2.26. The van der Waals surface area contributed by atoms with Crippen LogP contribution in [0.25, 0.3) is 0 Å². The Labute approximate surface area is 180 Å². The van der Waals surface area contributed by atoms with Gasteiger partial charge in [-0.3, -0.25) is 9.78 Å². The number of ether oxygens (including phenoxy) is 1. The molecular weight excluding hydrogens is 390 g/mol. The number of hydrogen-bond acceptors (Lipinski definition) is 5. The van der Waals surface area contributed by atoms with Gasteiger partial charge in [0, 0.05) is 29.2 Å². The second-order valence-electron chi connectivity index (χ2n) is 7.34. The minimum absolute atomic E-state index is 0.164. The van der Waals surface area contributed by atoms with E-state index in [0.717, 1.165) is 33.7 Å². The SMILES string of the molecule is Cc1cc(C(=O)Nc2cccc(Cn3cncn3)c2)cc(C)c1OCc1cccnc1.